The Kier molecular flexibility index (Phi) is 4.04. The van der Waals surface area contributed by atoms with E-state index in [4.69, 9.17) is 15.2 Å². The van der Waals surface area contributed by atoms with Crippen molar-refractivity contribution in [3.63, 3.8) is 0 Å². The molecule has 0 aliphatic carbocycles. The Bertz CT molecular complexity index is 413. The number of hydrogen-bond acceptors (Lipinski definition) is 3. The highest BCUT2D eigenvalue weighted by Gasteiger charge is 2.11. The van der Waals surface area contributed by atoms with E-state index < -0.39 is 0 Å². The van der Waals surface area contributed by atoms with Crippen molar-refractivity contribution in [2.24, 2.45) is 5.73 Å². The maximum absolute atomic E-state index is 5.57. The highest BCUT2D eigenvalue weighted by Crippen LogP contribution is 2.32. The monoisotopic (exact) mass is 233 g/mol. The lowest BCUT2D eigenvalue weighted by atomic mass is 10.0. The lowest BCUT2D eigenvalue weighted by Crippen LogP contribution is -2.15. The first-order valence-corrected chi connectivity index (χ1v) is 6.08. The quantitative estimate of drug-likeness (QED) is 0.813. The van der Waals surface area contributed by atoms with Gasteiger partial charge in [0.25, 0.3) is 0 Å². The van der Waals surface area contributed by atoms with Crippen molar-refractivity contribution in [1.29, 1.82) is 0 Å². The third-order valence-electron chi connectivity index (χ3n) is 2.86. The van der Waals surface area contributed by atoms with Crippen molar-refractivity contribution < 1.29 is 9.47 Å². The Balaban J connectivity index is 2.13. The van der Waals surface area contributed by atoms with E-state index in [9.17, 15) is 0 Å². The third kappa shape index (κ3) is 3.01. The van der Waals surface area contributed by atoms with Crippen LogP contribution < -0.4 is 15.2 Å². The molecule has 0 unspecified atom stereocenters. The second-order valence-corrected chi connectivity index (χ2v) is 4.18. The molecule has 2 N–H and O–H groups in total. The molecule has 17 heavy (non-hydrogen) atoms. The molecule has 0 spiro atoms. The summed E-state index contributed by atoms with van der Waals surface area (Å²) >= 11 is 0. The zero-order chi connectivity index (χ0) is 12.1. The van der Waals surface area contributed by atoms with E-state index in [1.807, 2.05) is 12.1 Å². The molecule has 0 saturated heterocycles. The van der Waals surface area contributed by atoms with Gasteiger partial charge in [0.15, 0.2) is 11.5 Å². The Morgan fingerprint density at radius 3 is 2.82 bits per heavy atom. The van der Waals surface area contributed by atoms with Crippen LogP contribution in [0.5, 0.6) is 11.5 Å². The van der Waals surface area contributed by atoms with Crippen molar-refractivity contribution in [1.82, 2.24) is 0 Å². The molecule has 2 rings (SSSR count). The number of benzene rings is 1. The number of nitrogens with two attached hydrogens (primary N) is 1. The van der Waals surface area contributed by atoms with Gasteiger partial charge in [0.05, 0.1) is 0 Å². The predicted molar refractivity (Wildman–Crippen MR) is 69.4 cm³/mol. The summed E-state index contributed by atoms with van der Waals surface area (Å²) in [5.41, 5.74) is 7.92. The summed E-state index contributed by atoms with van der Waals surface area (Å²) < 4.78 is 11.1. The number of fused-ring (bicyclic) bond motifs is 1. The average Bonchev–Trinajstić information content (AvgIpc) is 2.38. The fourth-order valence-corrected chi connectivity index (χ4v) is 1.84. The molecule has 1 aliphatic rings. The summed E-state index contributed by atoms with van der Waals surface area (Å²) in [6.07, 6.45) is 4.27. The van der Waals surface area contributed by atoms with Crippen molar-refractivity contribution >= 4 is 5.57 Å². The number of rotatable bonds is 4. The zero-order valence-electron chi connectivity index (χ0n) is 10.2. The molecule has 92 valence electrons. The van der Waals surface area contributed by atoms with Crippen LogP contribution in [0.3, 0.4) is 0 Å². The van der Waals surface area contributed by atoms with Crippen molar-refractivity contribution in [2.75, 3.05) is 19.8 Å². The number of unbranched alkanes of at least 4 members (excludes halogenated alkanes) is 1. The standard InChI is InChI=1S/C14H19NO2/c1-11(4-2-3-7-15)12-5-6-13-14(10-12)17-9-8-16-13/h4-6,10H,2-3,7-9,15H2,1H3/b11-4+. The van der Waals surface area contributed by atoms with Crippen LogP contribution in [0.1, 0.15) is 25.3 Å². The molecule has 1 aliphatic heterocycles. The van der Waals surface area contributed by atoms with Gasteiger partial charge in [0.1, 0.15) is 13.2 Å². The molecule has 0 saturated carbocycles. The van der Waals surface area contributed by atoms with Crippen LogP contribution in [-0.2, 0) is 0 Å². The van der Waals surface area contributed by atoms with Crippen LogP contribution in [0.2, 0.25) is 0 Å². The summed E-state index contributed by atoms with van der Waals surface area (Å²) in [5.74, 6) is 1.69. The number of hydrogen-bond donors (Lipinski definition) is 1. The van der Waals surface area contributed by atoms with Gasteiger partial charge in [-0.05, 0) is 49.6 Å². The maximum atomic E-state index is 5.57. The minimum Gasteiger partial charge on any atom is -0.486 e. The van der Waals surface area contributed by atoms with Gasteiger partial charge in [0.2, 0.25) is 0 Å². The molecular formula is C14H19NO2. The van der Waals surface area contributed by atoms with E-state index in [1.165, 1.54) is 11.1 Å². The van der Waals surface area contributed by atoms with Crippen LogP contribution in [0.15, 0.2) is 24.3 Å². The van der Waals surface area contributed by atoms with Gasteiger partial charge in [-0.1, -0.05) is 12.1 Å². The third-order valence-corrected chi connectivity index (χ3v) is 2.86. The zero-order valence-corrected chi connectivity index (χ0v) is 10.2. The van der Waals surface area contributed by atoms with Gasteiger partial charge in [-0.3, -0.25) is 0 Å². The molecule has 3 heteroatoms. The van der Waals surface area contributed by atoms with Gasteiger partial charge >= 0.3 is 0 Å². The van der Waals surface area contributed by atoms with Crippen LogP contribution in [0, 0.1) is 0 Å². The van der Waals surface area contributed by atoms with Gasteiger partial charge in [-0.2, -0.15) is 0 Å². The average molecular weight is 233 g/mol. The van der Waals surface area contributed by atoms with E-state index in [-0.39, 0.29) is 0 Å². The summed E-state index contributed by atoms with van der Waals surface area (Å²) in [5, 5.41) is 0. The highest BCUT2D eigenvalue weighted by molar-refractivity contribution is 5.66. The minimum absolute atomic E-state index is 0.631. The first kappa shape index (κ1) is 12.0. The topological polar surface area (TPSA) is 44.5 Å². The fraction of sp³-hybridized carbons (Fsp3) is 0.429. The largest absolute Gasteiger partial charge is 0.486 e. The lowest BCUT2D eigenvalue weighted by molar-refractivity contribution is 0.171. The Labute approximate surface area is 102 Å². The Morgan fingerprint density at radius 1 is 1.29 bits per heavy atom. The molecule has 1 aromatic carbocycles. The Morgan fingerprint density at radius 2 is 2.06 bits per heavy atom. The Hall–Kier alpha value is -1.48. The minimum atomic E-state index is 0.631. The molecule has 3 nitrogen and oxygen atoms in total. The normalized spacial score (nSPS) is 14.8. The SMILES string of the molecule is C/C(=C\CCCN)c1ccc2c(c1)OCCO2. The van der Waals surface area contributed by atoms with Gasteiger partial charge < -0.3 is 15.2 Å². The van der Waals surface area contributed by atoms with E-state index in [2.05, 4.69) is 19.1 Å². The highest BCUT2D eigenvalue weighted by atomic mass is 16.6. The smallest absolute Gasteiger partial charge is 0.161 e. The second kappa shape index (κ2) is 5.73. The molecule has 0 radical (unpaired) electrons. The molecule has 0 amide bonds. The summed E-state index contributed by atoms with van der Waals surface area (Å²) in [4.78, 5) is 0. The van der Waals surface area contributed by atoms with Gasteiger partial charge in [-0.15, -0.1) is 0 Å². The molecular weight excluding hydrogens is 214 g/mol. The molecule has 0 atom stereocenters. The number of ether oxygens (including phenoxy) is 2. The van der Waals surface area contributed by atoms with Gasteiger partial charge in [-0.25, -0.2) is 0 Å². The van der Waals surface area contributed by atoms with E-state index in [0.717, 1.165) is 30.9 Å². The molecule has 1 heterocycles. The van der Waals surface area contributed by atoms with Crippen LogP contribution in [0.25, 0.3) is 5.57 Å². The van der Waals surface area contributed by atoms with Crippen LogP contribution in [-0.4, -0.2) is 19.8 Å². The second-order valence-electron chi connectivity index (χ2n) is 4.18. The van der Waals surface area contributed by atoms with Crippen LogP contribution >= 0.6 is 0 Å². The lowest BCUT2D eigenvalue weighted by Gasteiger charge is -2.19. The molecule has 0 fully saturated rings. The van der Waals surface area contributed by atoms with Crippen molar-refractivity contribution in [3.05, 3.63) is 29.8 Å². The van der Waals surface area contributed by atoms with Crippen molar-refractivity contribution in [3.8, 4) is 11.5 Å². The predicted octanol–water partition coefficient (Wildman–Crippen LogP) is 2.60. The molecule has 0 bridgehead atoms. The van der Waals surface area contributed by atoms with E-state index in [1.54, 1.807) is 0 Å². The fourth-order valence-electron chi connectivity index (χ4n) is 1.84. The van der Waals surface area contributed by atoms with E-state index >= 15 is 0 Å². The summed E-state index contributed by atoms with van der Waals surface area (Å²) in [6, 6.07) is 6.09. The van der Waals surface area contributed by atoms with Gasteiger partial charge in [0, 0.05) is 0 Å². The molecule has 1 aromatic rings. The molecule has 0 aromatic heterocycles. The van der Waals surface area contributed by atoms with Crippen LogP contribution in [0.4, 0.5) is 0 Å². The van der Waals surface area contributed by atoms with Crippen molar-refractivity contribution in [2.45, 2.75) is 19.8 Å². The first-order chi connectivity index (χ1) is 8.31. The van der Waals surface area contributed by atoms with E-state index in [0.29, 0.717) is 13.2 Å². The number of allylic oxidation sites excluding steroid dienone is 2. The summed E-state index contributed by atoms with van der Waals surface area (Å²) in [6.45, 7) is 4.12. The summed E-state index contributed by atoms with van der Waals surface area (Å²) in [7, 11) is 0. The maximum Gasteiger partial charge on any atom is 0.161 e. The first-order valence-electron chi connectivity index (χ1n) is 6.08.